The van der Waals surface area contributed by atoms with Crippen LogP contribution in [0, 0.1) is 23.6 Å². The lowest BCUT2D eigenvalue weighted by atomic mass is 9.81. The third kappa shape index (κ3) is 3.82. The van der Waals surface area contributed by atoms with Crippen LogP contribution in [0.4, 0.5) is 4.39 Å². The molecule has 1 fully saturated rings. The maximum absolute atomic E-state index is 14.0. The second kappa shape index (κ2) is 6.56. The smallest absolute Gasteiger partial charge is 0.243 e. The average molecular weight is 311 g/mol. The van der Waals surface area contributed by atoms with Crippen LogP contribution in [0.5, 0.6) is 0 Å². The Hall–Kier alpha value is -1.42. The van der Waals surface area contributed by atoms with Crippen LogP contribution < -0.4 is 4.72 Å². The number of hydrogen-bond acceptors (Lipinski definition) is 3. The van der Waals surface area contributed by atoms with E-state index in [0.29, 0.717) is 11.5 Å². The van der Waals surface area contributed by atoms with Gasteiger partial charge in [-0.15, -0.1) is 0 Å². The molecular formula is C15H18FNO3S. The summed E-state index contributed by atoms with van der Waals surface area (Å²) in [6.45, 7) is 1.47. The number of aliphatic hydroxyl groups is 1. The number of nitrogens with one attached hydrogen (secondary N) is 1. The first-order chi connectivity index (χ1) is 9.94. The Morgan fingerprint density at radius 3 is 2.71 bits per heavy atom. The Balaban J connectivity index is 2.19. The molecular weight excluding hydrogens is 293 g/mol. The Bertz CT molecular complexity index is 672. The standard InChI is InChI=1S/C15H18FNO3S/c1-11(13-5-2-6-13)17-21(19,20)15-8-7-12(4-3-9-18)10-14(15)16/h7-8,10-11,13,17-18H,2,5-6,9H2,1H3. The molecule has 2 rings (SSSR count). The quantitative estimate of drug-likeness (QED) is 0.831. The molecule has 1 unspecified atom stereocenters. The molecule has 0 saturated heterocycles. The first-order valence-electron chi connectivity index (χ1n) is 6.85. The highest BCUT2D eigenvalue weighted by Crippen LogP contribution is 2.30. The van der Waals surface area contributed by atoms with Crippen LogP contribution in [-0.2, 0) is 10.0 Å². The number of sulfonamides is 1. The van der Waals surface area contributed by atoms with Gasteiger partial charge in [0.1, 0.15) is 17.3 Å². The number of rotatable bonds is 4. The Morgan fingerprint density at radius 2 is 2.19 bits per heavy atom. The third-order valence-electron chi connectivity index (χ3n) is 3.73. The van der Waals surface area contributed by atoms with Crippen molar-refractivity contribution >= 4 is 10.0 Å². The molecule has 0 aliphatic heterocycles. The maximum Gasteiger partial charge on any atom is 0.243 e. The normalized spacial score (nSPS) is 16.7. The molecule has 21 heavy (non-hydrogen) atoms. The Labute approximate surface area is 124 Å². The summed E-state index contributed by atoms with van der Waals surface area (Å²) in [5.41, 5.74) is 0.326. The van der Waals surface area contributed by atoms with Crippen molar-refractivity contribution < 1.29 is 17.9 Å². The minimum Gasteiger partial charge on any atom is -0.384 e. The van der Waals surface area contributed by atoms with Crippen LogP contribution in [0.15, 0.2) is 23.1 Å². The summed E-state index contributed by atoms with van der Waals surface area (Å²) >= 11 is 0. The van der Waals surface area contributed by atoms with Crippen molar-refractivity contribution in [3.05, 3.63) is 29.6 Å². The summed E-state index contributed by atoms with van der Waals surface area (Å²) in [6, 6.07) is 3.49. The van der Waals surface area contributed by atoms with Gasteiger partial charge in [-0.3, -0.25) is 0 Å². The third-order valence-corrected chi connectivity index (χ3v) is 5.32. The molecule has 1 aromatic rings. The fourth-order valence-electron chi connectivity index (χ4n) is 2.28. The Morgan fingerprint density at radius 1 is 1.48 bits per heavy atom. The first-order valence-corrected chi connectivity index (χ1v) is 8.34. The predicted molar refractivity (Wildman–Crippen MR) is 77.5 cm³/mol. The van der Waals surface area contributed by atoms with Crippen molar-refractivity contribution in [1.29, 1.82) is 0 Å². The van der Waals surface area contributed by atoms with Crippen molar-refractivity contribution in [1.82, 2.24) is 4.72 Å². The first kappa shape index (κ1) is 16.0. The van der Waals surface area contributed by atoms with Gasteiger partial charge in [0.05, 0.1) is 0 Å². The van der Waals surface area contributed by atoms with Gasteiger partial charge in [0, 0.05) is 11.6 Å². The topological polar surface area (TPSA) is 66.4 Å². The summed E-state index contributed by atoms with van der Waals surface area (Å²) < 4.78 is 40.9. The van der Waals surface area contributed by atoms with E-state index in [4.69, 9.17) is 5.11 Å². The van der Waals surface area contributed by atoms with E-state index in [1.54, 1.807) is 6.92 Å². The van der Waals surface area contributed by atoms with E-state index in [-0.39, 0.29) is 17.5 Å². The molecule has 0 aromatic heterocycles. The van der Waals surface area contributed by atoms with E-state index < -0.39 is 15.8 Å². The SMILES string of the molecule is CC(NS(=O)(=O)c1ccc(C#CCO)cc1F)C1CCC1. The fourth-order valence-corrected chi connectivity index (χ4v) is 3.65. The monoisotopic (exact) mass is 311 g/mol. The molecule has 1 saturated carbocycles. The molecule has 0 heterocycles. The van der Waals surface area contributed by atoms with Crippen molar-refractivity contribution in [3.63, 3.8) is 0 Å². The van der Waals surface area contributed by atoms with Crippen LogP contribution in [0.1, 0.15) is 31.7 Å². The number of aliphatic hydroxyl groups excluding tert-OH is 1. The second-order valence-corrected chi connectivity index (χ2v) is 6.89. The summed E-state index contributed by atoms with van der Waals surface area (Å²) in [7, 11) is -3.87. The van der Waals surface area contributed by atoms with E-state index in [1.807, 2.05) is 0 Å². The van der Waals surface area contributed by atoms with Crippen LogP contribution in [0.3, 0.4) is 0 Å². The minimum atomic E-state index is -3.87. The van der Waals surface area contributed by atoms with Crippen LogP contribution >= 0.6 is 0 Å². The summed E-state index contributed by atoms with van der Waals surface area (Å²) in [4.78, 5) is -0.372. The molecule has 2 N–H and O–H groups in total. The molecule has 0 radical (unpaired) electrons. The fraction of sp³-hybridized carbons (Fsp3) is 0.467. The van der Waals surface area contributed by atoms with Gasteiger partial charge < -0.3 is 5.11 Å². The molecule has 1 aromatic carbocycles. The van der Waals surface area contributed by atoms with E-state index in [0.717, 1.165) is 25.3 Å². The molecule has 4 nitrogen and oxygen atoms in total. The summed E-state index contributed by atoms with van der Waals surface area (Å²) in [6.07, 6.45) is 3.12. The van der Waals surface area contributed by atoms with E-state index in [9.17, 15) is 12.8 Å². The van der Waals surface area contributed by atoms with Crippen molar-refractivity contribution in [2.24, 2.45) is 5.92 Å². The molecule has 1 atom stereocenters. The predicted octanol–water partition coefficient (Wildman–Crippen LogP) is 1.64. The van der Waals surface area contributed by atoms with E-state index in [2.05, 4.69) is 16.6 Å². The lowest BCUT2D eigenvalue weighted by molar-refractivity contribution is 0.260. The lowest BCUT2D eigenvalue weighted by Crippen LogP contribution is -2.40. The van der Waals surface area contributed by atoms with Crippen molar-refractivity contribution in [3.8, 4) is 11.8 Å². The van der Waals surface area contributed by atoms with E-state index in [1.165, 1.54) is 12.1 Å². The number of benzene rings is 1. The van der Waals surface area contributed by atoms with Gasteiger partial charge in [0.15, 0.2) is 0 Å². The zero-order chi connectivity index (χ0) is 15.5. The number of halogens is 1. The van der Waals surface area contributed by atoms with Gasteiger partial charge in [0.25, 0.3) is 0 Å². The second-order valence-electron chi connectivity index (χ2n) is 5.21. The lowest BCUT2D eigenvalue weighted by Gasteiger charge is -2.31. The zero-order valence-corrected chi connectivity index (χ0v) is 12.6. The molecule has 0 spiro atoms. The molecule has 0 bridgehead atoms. The highest BCUT2D eigenvalue weighted by Gasteiger charge is 2.29. The average Bonchev–Trinajstić information content (AvgIpc) is 2.33. The molecule has 6 heteroatoms. The Kier molecular flexibility index (Phi) is 4.99. The highest BCUT2D eigenvalue weighted by molar-refractivity contribution is 7.89. The van der Waals surface area contributed by atoms with Gasteiger partial charge in [-0.2, -0.15) is 0 Å². The molecule has 114 valence electrons. The van der Waals surface area contributed by atoms with Crippen molar-refractivity contribution in [2.75, 3.05) is 6.61 Å². The van der Waals surface area contributed by atoms with Gasteiger partial charge in [-0.25, -0.2) is 17.5 Å². The van der Waals surface area contributed by atoms with Crippen LogP contribution in [0.2, 0.25) is 0 Å². The van der Waals surface area contributed by atoms with Crippen LogP contribution in [-0.4, -0.2) is 26.2 Å². The van der Waals surface area contributed by atoms with Gasteiger partial charge in [0.2, 0.25) is 10.0 Å². The summed E-state index contributed by atoms with van der Waals surface area (Å²) in [5, 5.41) is 8.59. The summed E-state index contributed by atoms with van der Waals surface area (Å²) in [5.74, 6) is 4.41. The molecule has 1 aliphatic rings. The maximum atomic E-state index is 14.0. The largest absolute Gasteiger partial charge is 0.384 e. The van der Waals surface area contributed by atoms with Gasteiger partial charge in [-0.05, 0) is 43.9 Å². The number of hydrogen-bond donors (Lipinski definition) is 2. The highest BCUT2D eigenvalue weighted by atomic mass is 32.2. The van der Waals surface area contributed by atoms with E-state index >= 15 is 0 Å². The van der Waals surface area contributed by atoms with Crippen molar-refractivity contribution in [2.45, 2.75) is 37.1 Å². The molecule has 1 aliphatic carbocycles. The zero-order valence-electron chi connectivity index (χ0n) is 11.8. The molecule has 0 amide bonds. The minimum absolute atomic E-state index is 0.197. The van der Waals surface area contributed by atoms with Gasteiger partial charge >= 0.3 is 0 Å². The van der Waals surface area contributed by atoms with Gasteiger partial charge in [-0.1, -0.05) is 18.3 Å². The van der Waals surface area contributed by atoms with Crippen LogP contribution in [0.25, 0.3) is 0 Å².